The Morgan fingerprint density at radius 2 is 1.97 bits per heavy atom. The summed E-state index contributed by atoms with van der Waals surface area (Å²) in [6.45, 7) is 10.2. The third kappa shape index (κ3) is 5.38. The molecular weight excluding hydrogens is 494 g/mol. The van der Waals surface area contributed by atoms with Crippen molar-refractivity contribution < 1.29 is 9.59 Å². The highest BCUT2D eigenvalue weighted by molar-refractivity contribution is 6.05. The number of fused-ring (bicyclic) bond motifs is 1. The molecule has 2 N–H and O–H groups in total. The van der Waals surface area contributed by atoms with Crippen molar-refractivity contribution in [2.75, 3.05) is 26.7 Å². The molecule has 1 saturated heterocycles. The quantitative estimate of drug-likeness (QED) is 0.505. The van der Waals surface area contributed by atoms with Crippen molar-refractivity contribution in [3.63, 3.8) is 0 Å². The first kappa shape index (κ1) is 26.8. The molecule has 1 fully saturated rings. The number of nitrogens with zero attached hydrogens (tertiary/aromatic N) is 5. The number of hydrogen-bond donors (Lipinski definition) is 2. The molecule has 0 spiro atoms. The number of nitrogens with one attached hydrogen (secondary N) is 2. The van der Waals surface area contributed by atoms with E-state index in [1.54, 1.807) is 6.20 Å². The summed E-state index contributed by atoms with van der Waals surface area (Å²) in [7, 11) is 2.05. The van der Waals surface area contributed by atoms with E-state index in [1.807, 2.05) is 68.7 Å². The van der Waals surface area contributed by atoms with Crippen molar-refractivity contribution in [3.8, 4) is 0 Å². The zero-order valence-corrected chi connectivity index (χ0v) is 23.3. The van der Waals surface area contributed by atoms with E-state index in [4.69, 9.17) is 4.98 Å². The fourth-order valence-corrected chi connectivity index (χ4v) is 5.62. The van der Waals surface area contributed by atoms with Gasteiger partial charge in [0.05, 0.1) is 28.8 Å². The molecule has 5 rings (SSSR count). The number of H-pyrrole nitrogens is 1. The first-order chi connectivity index (χ1) is 18.6. The van der Waals surface area contributed by atoms with Crippen molar-refractivity contribution in [1.82, 2.24) is 34.9 Å². The number of aromatic nitrogens is 4. The minimum absolute atomic E-state index is 0.0334. The molecule has 2 amide bonds. The Kier molecular flexibility index (Phi) is 7.40. The van der Waals surface area contributed by atoms with Gasteiger partial charge in [-0.1, -0.05) is 6.08 Å². The van der Waals surface area contributed by atoms with Crippen molar-refractivity contribution in [2.24, 2.45) is 5.92 Å². The van der Waals surface area contributed by atoms with Gasteiger partial charge in [0.25, 0.3) is 11.5 Å². The van der Waals surface area contributed by atoms with Crippen LogP contribution in [-0.2, 0) is 11.3 Å². The van der Waals surface area contributed by atoms with E-state index in [0.29, 0.717) is 28.7 Å². The Morgan fingerprint density at radius 1 is 1.18 bits per heavy atom. The highest BCUT2D eigenvalue weighted by Crippen LogP contribution is 2.30. The van der Waals surface area contributed by atoms with Crippen LogP contribution in [-0.4, -0.2) is 68.0 Å². The van der Waals surface area contributed by atoms with Gasteiger partial charge < -0.3 is 20.1 Å². The van der Waals surface area contributed by atoms with E-state index in [-0.39, 0.29) is 41.8 Å². The summed E-state index contributed by atoms with van der Waals surface area (Å²) in [4.78, 5) is 50.7. The van der Waals surface area contributed by atoms with E-state index >= 15 is 0 Å². The fraction of sp³-hybridized carbons (Fsp3) is 0.483. The summed E-state index contributed by atoms with van der Waals surface area (Å²) in [5.41, 5.74) is 3.85. The van der Waals surface area contributed by atoms with Gasteiger partial charge in [-0.25, -0.2) is 9.67 Å². The molecule has 0 aliphatic carbocycles. The van der Waals surface area contributed by atoms with Crippen LogP contribution in [0.4, 0.5) is 0 Å². The molecule has 0 aromatic carbocycles. The number of aryl methyl sites for hydroxylation is 2. The molecule has 10 nitrogen and oxygen atoms in total. The lowest BCUT2D eigenvalue weighted by Gasteiger charge is -2.28. The summed E-state index contributed by atoms with van der Waals surface area (Å²) >= 11 is 0. The number of aromatic amines is 1. The highest BCUT2D eigenvalue weighted by Gasteiger charge is 2.31. The molecule has 206 valence electrons. The standard InChI is InChI=1S/C29H37N7O3/c1-17(2)36-26-24(15-31-36)22(27(37)30-14-23-18(3)12-19(4)32-28(23)38)13-25(33-26)20-7-10-35(11-8-20)29(39)21-6-9-34(5)16-21/h7,10,12-13,15,17,20-21H,6,8-9,11,14,16H2,1-5H3,(H,30,37)(H,32,38). The van der Waals surface area contributed by atoms with Crippen LogP contribution in [0.3, 0.4) is 0 Å². The van der Waals surface area contributed by atoms with Crippen LogP contribution in [0, 0.1) is 19.8 Å². The maximum absolute atomic E-state index is 13.5. The van der Waals surface area contributed by atoms with Gasteiger partial charge >= 0.3 is 0 Å². The Balaban J connectivity index is 1.42. The summed E-state index contributed by atoms with van der Waals surface area (Å²) < 4.78 is 1.82. The third-order valence-corrected chi connectivity index (χ3v) is 7.82. The molecule has 2 atom stereocenters. The molecule has 10 heteroatoms. The minimum Gasteiger partial charge on any atom is -0.348 e. The van der Waals surface area contributed by atoms with Crippen molar-refractivity contribution in [2.45, 2.75) is 59.0 Å². The van der Waals surface area contributed by atoms with Gasteiger partial charge in [-0.2, -0.15) is 5.10 Å². The number of hydrogen-bond acceptors (Lipinski definition) is 6. The molecule has 5 heterocycles. The van der Waals surface area contributed by atoms with Crippen LogP contribution in [0.15, 0.2) is 35.4 Å². The van der Waals surface area contributed by atoms with Crippen LogP contribution < -0.4 is 10.9 Å². The molecule has 2 unspecified atom stereocenters. The molecular formula is C29H37N7O3. The molecule has 0 radical (unpaired) electrons. The lowest BCUT2D eigenvalue weighted by atomic mass is 9.95. The number of pyridine rings is 2. The van der Waals surface area contributed by atoms with Gasteiger partial charge in [-0.15, -0.1) is 0 Å². The number of rotatable bonds is 6. The Bertz CT molecular complexity index is 1500. The number of amides is 2. The van der Waals surface area contributed by atoms with Crippen molar-refractivity contribution in [1.29, 1.82) is 0 Å². The first-order valence-electron chi connectivity index (χ1n) is 13.7. The van der Waals surface area contributed by atoms with Crippen LogP contribution in [0.5, 0.6) is 0 Å². The van der Waals surface area contributed by atoms with E-state index in [2.05, 4.69) is 20.3 Å². The first-order valence-corrected chi connectivity index (χ1v) is 13.7. The second-order valence-corrected chi connectivity index (χ2v) is 11.2. The number of carbonyl (C=O) groups is 2. The zero-order chi connectivity index (χ0) is 27.8. The van der Waals surface area contributed by atoms with Gasteiger partial charge in [0, 0.05) is 49.1 Å². The predicted octanol–water partition coefficient (Wildman–Crippen LogP) is 3.03. The SMILES string of the molecule is Cc1cc(C)c(CNC(=O)c2cc(C3C=CN(C(=O)C4CCN(C)C4)CC3)nc3c2cnn3C(C)C)c(=O)[nH]1. The molecule has 2 aliphatic rings. The highest BCUT2D eigenvalue weighted by atomic mass is 16.2. The van der Waals surface area contributed by atoms with Crippen LogP contribution in [0.25, 0.3) is 11.0 Å². The second-order valence-electron chi connectivity index (χ2n) is 11.2. The van der Waals surface area contributed by atoms with Gasteiger partial charge in [-0.05, 0) is 71.8 Å². The maximum Gasteiger partial charge on any atom is 0.253 e. The normalized spacial score (nSPS) is 19.8. The average molecular weight is 532 g/mol. The predicted molar refractivity (Wildman–Crippen MR) is 149 cm³/mol. The van der Waals surface area contributed by atoms with E-state index < -0.39 is 0 Å². The number of carbonyl (C=O) groups excluding carboxylic acids is 2. The Hall–Kier alpha value is -3.79. The average Bonchev–Trinajstić information content (AvgIpc) is 3.53. The Morgan fingerprint density at radius 3 is 2.62 bits per heavy atom. The number of likely N-dealkylation sites (tertiary alicyclic amines) is 1. The van der Waals surface area contributed by atoms with Crippen molar-refractivity contribution in [3.05, 3.63) is 69.0 Å². The third-order valence-electron chi connectivity index (χ3n) is 7.82. The largest absolute Gasteiger partial charge is 0.348 e. The van der Waals surface area contributed by atoms with Crippen LogP contribution >= 0.6 is 0 Å². The van der Waals surface area contributed by atoms with E-state index in [0.717, 1.165) is 42.9 Å². The number of allylic oxidation sites excluding steroid dienone is 1. The van der Waals surface area contributed by atoms with Gasteiger partial charge in [-0.3, -0.25) is 14.4 Å². The topological polar surface area (TPSA) is 116 Å². The van der Waals surface area contributed by atoms with Crippen molar-refractivity contribution >= 4 is 22.8 Å². The Labute approximate surface area is 228 Å². The van der Waals surface area contributed by atoms with Gasteiger partial charge in [0.1, 0.15) is 0 Å². The summed E-state index contributed by atoms with van der Waals surface area (Å²) in [6, 6.07) is 3.79. The molecule has 39 heavy (non-hydrogen) atoms. The smallest absolute Gasteiger partial charge is 0.253 e. The van der Waals surface area contributed by atoms with Crippen LogP contribution in [0.1, 0.15) is 71.5 Å². The zero-order valence-electron chi connectivity index (χ0n) is 23.3. The van der Waals surface area contributed by atoms with E-state index in [1.165, 1.54) is 0 Å². The fourth-order valence-electron chi connectivity index (χ4n) is 5.62. The van der Waals surface area contributed by atoms with Gasteiger partial charge in [0.15, 0.2) is 5.65 Å². The minimum atomic E-state index is -0.284. The molecule has 0 saturated carbocycles. The summed E-state index contributed by atoms with van der Waals surface area (Å²) in [5.74, 6) is -0.0928. The molecule has 3 aromatic heterocycles. The molecule has 2 aliphatic heterocycles. The monoisotopic (exact) mass is 531 g/mol. The van der Waals surface area contributed by atoms with Crippen LogP contribution in [0.2, 0.25) is 0 Å². The lowest BCUT2D eigenvalue weighted by Crippen LogP contribution is -2.36. The van der Waals surface area contributed by atoms with E-state index in [9.17, 15) is 14.4 Å². The van der Waals surface area contributed by atoms with Gasteiger partial charge in [0.2, 0.25) is 5.91 Å². The second kappa shape index (κ2) is 10.8. The summed E-state index contributed by atoms with van der Waals surface area (Å²) in [6.07, 6.45) is 7.19. The maximum atomic E-state index is 13.5. The summed E-state index contributed by atoms with van der Waals surface area (Å²) in [5, 5.41) is 8.11. The lowest BCUT2D eigenvalue weighted by molar-refractivity contribution is -0.132. The molecule has 3 aromatic rings. The molecule has 0 bridgehead atoms.